The summed E-state index contributed by atoms with van der Waals surface area (Å²) >= 11 is 1.37. The Kier molecular flexibility index (Phi) is 6.52. The van der Waals surface area contributed by atoms with E-state index in [4.69, 9.17) is 0 Å². The van der Waals surface area contributed by atoms with Crippen LogP contribution in [0.15, 0.2) is 41.4 Å². The number of piperidine rings is 1. The van der Waals surface area contributed by atoms with Gasteiger partial charge in [0, 0.05) is 30.7 Å². The number of anilines is 2. The molecule has 1 saturated carbocycles. The molecule has 8 heteroatoms. The number of hydrogen-bond donors (Lipinski definition) is 2. The minimum Gasteiger partial charge on any atom is -0.355 e. The van der Waals surface area contributed by atoms with Crippen LogP contribution in [-0.2, 0) is 9.59 Å². The van der Waals surface area contributed by atoms with Gasteiger partial charge in [0.15, 0.2) is 5.82 Å². The first-order valence-electron chi connectivity index (χ1n) is 10.5. The molecule has 2 N–H and O–H groups in total. The Morgan fingerprint density at radius 3 is 2.50 bits per heavy atom. The molecule has 0 unspecified atom stereocenters. The molecule has 1 saturated heterocycles. The van der Waals surface area contributed by atoms with E-state index in [-0.39, 0.29) is 23.5 Å². The summed E-state index contributed by atoms with van der Waals surface area (Å²) in [6.45, 7) is 3.58. The van der Waals surface area contributed by atoms with E-state index in [0.717, 1.165) is 60.9 Å². The number of aromatic nitrogens is 2. The maximum atomic E-state index is 12.2. The molecule has 2 amide bonds. The fourth-order valence-corrected chi connectivity index (χ4v) is 4.13. The average molecular weight is 426 g/mol. The molecule has 1 aliphatic carbocycles. The van der Waals surface area contributed by atoms with E-state index in [0.29, 0.717) is 6.04 Å². The summed E-state index contributed by atoms with van der Waals surface area (Å²) in [7, 11) is 0. The van der Waals surface area contributed by atoms with Gasteiger partial charge in [-0.1, -0.05) is 30.0 Å². The average Bonchev–Trinajstić information content (AvgIpc) is 3.58. The second-order valence-electron chi connectivity index (χ2n) is 7.93. The summed E-state index contributed by atoms with van der Waals surface area (Å²) in [6.07, 6.45) is 3.93. The van der Waals surface area contributed by atoms with E-state index >= 15 is 0 Å². The van der Waals surface area contributed by atoms with Gasteiger partial charge in [-0.15, -0.1) is 10.2 Å². The van der Waals surface area contributed by atoms with Crippen molar-refractivity contribution in [3.63, 3.8) is 0 Å². The molecule has 158 valence electrons. The molecule has 2 heterocycles. The Labute approximate surface area is 181 Å². The lowest BCUT2D eigenvalue weighted by molar-refractivity contribution is -0.125. The Bertz CT molecular complexity index is 893. The number of hydrogen-bond acceptors (Lipinski definition) is 6. The van der Waals surface area contributed by atoms with Gasteiger partial charge in [0.2, 0.25) is 11.8 Å². The van der Waals surface area contributed by atoms with Crippen LogP contribution in [0.3, 0.4) is 0 Å². The van der Waals surface area contributed by atoms with Gasteiger partial charge in [-0.3, -0.25) is 9.59 Å². The highest BCUT2D eigenvalue weighted by molar-refractivity contribution is 7.99. The number of carbonyl (C=O) groups is 2. The van der Waals surface area contributed by atoms with Crippen LogP contribution in [0.5, 0.6) is 0 Å². The zero-order chi connectivity index (χ0) is 20.9. The van der Waals surface area contributed by atoms with Crippen LogP contribution >= 0.6 is 11.8 Å². The second-order valence-corrected chi connectivity index (χ2v) is 8.92. The van der Waals surface area contributed by atoms with Crippen LogP contribution in [-0.4, -0.2) is 46.9 Å². The molecule has 30 heavy (non-hydrogen) atoms. The number of benzene rings is 1. The normalized spacial score (nSPS) is 16.9. The molecule has 0 radical (unpaired) electrons. The minimum absolute atomic E-state index is 0.0632. The van der Waals surface area contributed by atoms with Crippen LogP contribution in [0.25, 0.3) is 0 Å². The lowest BCUT2D eigenvalue weighted by Crippen LogP contribution is -2.41. The number of para-hydroxylation sites is 1. The molecular weight excluding hydrogens is 398 g/mol. The first-order chi connectivity index (χ1) is 14.6. The maximum absolute atomic E-state index is 12.2. The molecule has 0 atom stereocenters. The lowest BCUT2D eigenvalue weighted by Gasteiger charge is -2.31. The SMILES string of the molecule is Cc1ccccc1NC(=O)CSc1ccc(N2CCC(C(=O)NC3CC3)CC2)nn1. The largest absolute Gasteiger partial charge is 0.355 e. The summed E-state index contributed by atoms with van der Waals surface area (Å²) < 4.78 is 0. The Hall–Kier alpha value is -2.61. The van der Waals surface area contributed by atoms with Crippen molar-refractivity contribution in [3.8, 4) is 0 Å². The van der Waals surface area contributed by atoms with Crippen molar-refractivity contribution in [3.05, 3.63) is 42.0 Å². The van der Waals surface area contributed by atoms with E-state index in [9.17, 15) is 9.59 Å². The first kappa shape index (κ1) is 20.7. The summed E-state index contributed by atoms with van der Waals surface area (Å²) in [5.74, 6) is 1.36. The molecule has 4 rings (SSSR count). The van der Waals surface area contributed by atoms with Gasteiger partial charge in [-0.05, 0) is 56.4 Å². The number of aryl methyl sites for hydroxylation is 1. The second kappa shape index (κ2) is 9.47. The third kappa shape index (κ3) is 5.50. The zero-order valence-electron chi connectivity index (χ0n) is 17.1. The summed E-state index contributed by atoms with van der Waals surface area (Å²) in [4.78, 5) is 26.6. The van der Waals surface area contributed by atoms with Crippen molar-refractivity contribution in [1.29, 1.82) is 0 Å². The van der Waals surface area contributed by atoms with E-state index in [1.54, 1.807) is 0 Å². The molecule has 2 fully saturated rings. The molecule has 0 spiro atoms. The van der Waals surface area contributed by atoms with Crippen LogP contribution in [0, 0.1) is 12.8 Å². The Balaban J connectivity index is 1.23. The zero-order valence-corrected chi connectivity index (χ0v) is 18.0. The topological polar surface area (TPSA) is 87.2 Å². The van der Waals surface area contributed by atoms with Crippen molar-refractivity contribution in [1.82, 2.24) is 15.5 Å². The van der Waals surface area contributed by atoms with Crippen molar-refractivity contribution in [2.75, 3.05) is 29.1 Å². The summed E-state index contributed by atoms with van der Waals surface area (Å²) in [5.41, 5.74) is 1.87. The Morgan fingerprint density at radius 1 is 1.07 bits per heavy atom. The molecule has 0 bridgehead atoms. The molecule has 2 aliphatic rings. The smallest absolute Gasteiger partial charge is 0.234 e. The Morgan fingerprint density at radius 2 is 1.83 bits per heavy atom. The monoisotopic (exact) mass is 425 g/mol. The molecule has 1 aromatic carbocycles. The van der Waals surface area contributed by atoms with Gasteiger partial charge in [0.05, 0.1) is 5.75 Å². The lowest BCUT2D eigenvalue weighted by atomic mass is 9.96. The standard InChI is InChI=1S/C22H27N5O2S/c1-15-4-2-3-5-18(15)24-20(28)14-30-21-9-8-19(25-26-21)27-12-10-16(11-13-27)22(29)23-17-6-7-17/h2-5,8-9,16-17H,6-7,10-14H2,1H3,(H,23,29)(H,24,28). The van der Waals surface area contributed by atoms with E-state index in [1.165, 1.54) is 11.8 Å². The van der Waals surface area contributed by atoms with Gasteiger partial charge in [0.1, 0.15) is 5.03 Å². The van der Waals surface area contributed by atoms with Crippen molar-refractivity contribution in [2.24, 2.45) is 5.92 Å². The number of thioether (sulfide) groups is 1. The van der Waals surface area contributed by atoms with Crippen LogP contribution in [0.1, 0.15) is 31.2 Å². The van der Waals surface area contributed by atoms with Crippen molar-refractivity contribution < 1.29 is 9.59 Å². The molecule has 2 aromatic rings. The van der Waals surface area contributed by atoms with Crippen molar-refractivity contribution in [2.45, 2.75) is 43.7 Å². The number of nitrogens with zero attached hydrogens (tertiary/aromatic N) is 3. The van der Waals surface area contributed by atoms with Crippen LogP contribution < -0.4 is 15.5 Å². The van der Waals surface area contributed by atoms with Gasteiger partial charge < -0.3 is 15.5 Å². The highest BCUT2D eigenvalue weighted by Gasteiger charge is 2.30. The quantitative estimate of drug-likeness (QED) is 0.663. The molecule has 7 nitrogen and oxygen atoms in total. The molecular formula is C22H27N5O2S. The fourth-order valence-electron chi connectivity index (χ4n) is 3.52. The molecule has 1 aliphatic heterocycles. The van der Waals surface area contributed by atoms with Gasteiger partial charge in [-0.25, -0.2) is 0 Å². The number of nitrogens with one attached hydrogen (secondary N) is 2. The summed E-state index contributed by atoms with van der Waals surface area (Å²) in [6, 6.07) is 12.0. The third-order valence-electron chi connectivity index (χ3n) is 5.51. The number of carbonyl (C=O) groups excluding carboxylic acids is 2. The van der Waals surface area contributed by atoms with E-state index in [1.807, 2.05) is 43.3 Å². The van der Waals surface area contributed by atoms with Gasteiger partial charge in [-0.2, -0.15) is 0 Å². The van der Waals surface area contributed by atoms with E-state index < -0.39 is 0 Å². The number of rotatable bonds is 7. The highest BCUT2D eigenvalue weighted by Crippen LogP contribution is 2.25. The van der Waals surface area contributed by atoms with Gasteiger partial charge >= 0.3 is 0 Å². The number of amides is 2. The van der Waals surface area contributed by atoms with Crippen LogP contribution in [0.2, 0.25) is 0 Å². The minimum atomic E-state index is -0.0632. The fraction of sp³-hybridized carbons (Fsp3) is 0.455. The predicted octanol–water partition coefficient (Wildman–Crippen LogP) is 3.01. The van der Waals surface area contributed by atoms with E-state index in [2.05, 4.69) is 25.7 Å². The van der Waals surface area contributed by atoms with Crippen LogP contribution in [0.4, 0.5) is 11.5 Å². The predicted molar refractivity (Wildman–Crippen MR) is 119 cm³/mol. The van der Waals surface area contributed by atoms with Gasteiger partial charge in [0.25, 0.3) is 0 Å². The molecule has 1 aromatic heterocycles. The highest BCUT2D eigenvalue weighted by atomic mass is 32.2. The third-order valence-corrected chi connectivity index (χ3v) is 6.43. The maximum Gasteiger partial charge on any atom is 0.234 e. The van der Waals surface area contributed by atoms with Crippen molar-refractivity contribution >= 4 is 35.1 Å². The summed E-state index contributed by atoms with van der Waals surface area (Å²) in [5, 5.41) is 15.3. The first-order valence-corrected chi connectivity index (χ1v) is 11.4.